The molecule has 140 valence electrons. The predicted octanol–water partition coefficient (Wildman–Crippen LogP) is 3.89. The Balaban J connectivity index is 1.57. The predicted molar refractivity (Wildman–Crippen MR) is 105 cm³/mol. The van der Waals surface area contributed by atoms with Crippen molar-refractivity contribution in [3.63, 3.8) is 0 Å². The van der Waals surface area contributed by atoms with E-state index in [0.717, 1.165) is 16.9 Å². The van der Waals surface area contributed by atoms with Gasteiger partial charge in [0.25, 0.3) is 5.22 Å². The second-order valence-electron chi connectivity index (χ2n) is 5.78. The highest BCUT2D eigenvalue weighted by Gasteiger charge is 2.15. The van der Waals surface area contributed by atoms with Crippen molar-refractivity contribution in [1.82, 2.24) is 15.1 Å². The van der Waals surface area contributed by atoms with Gasteiger partial charge in [-0.15, -0.1) is 10.2 Å². The lowest BCUT2D eigenvalue weighted by atomic mass is 10.2. The van der Waals surface area contributed by atoms with Gasteiger partial charge in [-0.1, -0.05) is 42.1 Å². The summed E-state index contributed by atoms with van der Waals surface area (Å²) in [5.41, 5.74) is 1.91. The highest BCUT2D eigenvalue weighted by atomic mass is 32.2. The Morgan fingerprint density at radius 1 is 1.11 bits per heavy atom. The lowest BCUT2D eigenvalue weighted by molar-refractivity contribution is -0.128. The Morgan fingerprint density at radius 2 is 1.85 bits per heavy atom. The molecule has 0 unspecified atom stereocenters. The molecule has 0 radical (unpaired) electrons. The number of nitrogens with zero attached hydrogens (tertiary/aromatic N) is 3. The SMILES string of the molecule is CCN(Cc1ccccc1)C(=O)CSc1nnc(-c2ccc(OC)cc2)o1. The number of carbonyl (C=O) groups excluding carboxylic acids is 1. The van der Waals surface area contributed by atoms with Gasteiger partial charge in [-0.3, -0.25) is 4.79 Å². The molecule has 0 saturated heterocycles. The molecule has 0 spiro atoms. The van der Waals surface area contributed by atoms with E-state index < -0.39 is 0 Å². The maximum atomic E-state index is 12.5. The van der Waals surface area contributed by atoms with Crippen LogP contribution in [0.25, 0.3) is 11.5 Å². The van der Waals surface area contributed by atoms with Gasteiger partial charge in [-0.05, 0) is 36.8 Å². The van der Waals surface area contributed by atoms with E-state index >= 15 is 0 Å². The largest absolute Gasteiger partial charge is 0.497 e. The summed E-state index contributed by atoms with van der Waals surface area (Å²) < 4.78 is 10.8. The number of ether oxygens (including phenoxy) is 1. The molecule has 1 amide bonds. The normalized spacial score (nSPS) is 10.6. The summed E-state index contributed by atoms with van der Waals surface area (Å²) >= 11 is 1.25. The van der Waals surface area contributed by atoms with Gasteiger partial charge >= 0.3 is 0 Å². The molecular weight excluding hydrogens is 362 g/mol. The first kappa shape index (κ1) is 19.0. The summed E-state index contributed by atoms with van der Waals surface area (Å²) in [5, 5.41) is 8.45. The van der Waals surface area contributed by atoms with E-state index in [9.17, 15) is 4.79 Å². The monoisotopic (exact) mass is 383 g/mol. The van der Waals surface area contributed by atoms with Crippen molar-refractivity contribution >= 4 is 17.7 Å². The van der Waals surface area contributed by atoms with Crippen molar-refractivity contribution in [1.29, 1.82) is 0 Å². The number of rotatable bonds is 8. The number of amides is 1. The zero-order chi connectivity index (χ0) is 19.1. The second-order valence-corrected chi connectivity index (χ2v) is 6.71. The molecule has 1 heterocycles. The number of thioether (sulfide) groups is 1. The van der Waals surface area contributed by atoms with Gasteiger partial charge in [0.15, 0.2) is 0 Å². The zero-order valence-corrected chi connectivity index (χ0v) is 16.1. The minimum Gasteiger partial charge on any atom is -0.497 e. The molecule has 0 bridgehead atoms. The first-order chi connectivity index (χ1) is 13.2. The van der Waals surface area contributed by atoms with Crippen LogP contribution in [0.4, 0.5) is 0 Å². The molecule has 7 heteroatoms. The molecule has 0 N–H and O–H groups in total. The molecule has 2 aromatic carbocycles. The van der Waals surface area contributed by atoms with E-state index in [1.54, 1.807) is 7.11 Å². The lowest BCUT2D eigenvalue weighted by Crippen LogP contribution is -2.31. The summed E-state index contributed by atoms with van der Waals surface area (Å²) in [6, 6.07) is 17.3. The van der Waals surface area contributed by atoms with E-state index in [-0.39, 0.29) is 11.7 Å². The first-order valence-corrected chi connectivity index (χ1v) is 9.60. The lowest BCUT2D eigenvalue weighted by Gasteiger charge is -2.20. The molecule has 3 rings (SSSR count). The third-order valence-corrected chi connectivity index (χ3v) is 4.82. The fourth-order valence-electron chi connectivity index (χ4n) is 2.51. The molecule has 6 nitrogen and oxygen atoms in total. The molecule has 3 aromatic rings. The fraction of sp³-hybridized carbons (Fsp3) is 0.250. The van der Waals surface area contributed by atoms with Gasteiger partial charge in [-0.25, -0.2) is 0 Å². The highest BCUT2D eigenvalue weighted by Crippen LogP contribution is 2.25. The van der Waals surface area contributed by atoms with E-state index in [2.05, 4.69) is 10.2 Å². The molecule has 1 aromatic heterocycles. The Labute approximate surface area is 162 Å². The van der Waals surface area contributed by atoms with Crippen LogP contribution >= 0.6 is 11.8 Å². The minimum atomic E-state index is 0.0375. The van der Waals surface area contributed by atoms with E-state index in [0.29, 0.717) is 24.2 Å². The number of methoxy groups -OCH3 is 1. The van der Waals surface area contributed by atoms with Crippen molar-refractivity contribution in [3.8, 4) is 17.2 Å². The minimum absolute atomic E-state index is 0.0375. The third-order valence-electron chi connectivity index (χ3n) is 4.01. The summed E-state index contributed by atoms with van der Waals surface area (Å²) in [4.78, 5) is 14.3. The van der Waals surface area contributed by atoms with Crippen LogP contribution in [0.5, 0.6) is 5.75 Å². The van der Waals surface area contributed by atoms with Gasteiger partial charge in [0.2, 0.25) is 11.8 Å². The fourth-order valence-corrected chi connectivity index (χ4v) is 3.18. The van der Waals surface area contributed by atoms with Gasteiger partial charge in [0.1, 0.15) is 5.75 Å². The second kappa shape index (κ2) is 9.23. The summed E-state index contributed by atoms with van der Waals surface area (Å²) in [7, 11) is 1.62. The van der Waals surface area contributed by atoms with E-state index in [1.807, 2.05) is 66.4 Å². The average molecular weight is 383 g/mol. The molecule has 27 heavy (non-hydrogen) atoms. The van der Waals surface area contributed by atoms with Crippen molar-refractivity contribution < 1.29 is 13.9 Å². The standard InChI is InChI=1S/C20H21N3O3S/c1-3-23(13-15-7-5-4-6-8-15)18(24)14-27-20-22-21-19(26-20)16-9-11-17(25-2)12-10-16/h4-12H,3,13-14H2,1-2H3. The third kappa shape index (κ3) is 5.10. The molecule has 0 aliphatic rings. The number of carbonyl (C=O) groups is 1. The van der Waals surface area contributed by atoms with Crippen LogP contribution in [-0.2, 0) is 11.3 Å². The van der Waals surface area contributed by atoms with E-state index in [4.69, 9.17) is 9.15 Å². The smallest absolute Gasteiger partial charge is 0.277 e. The molecule has 0 atom stereocenters. The van der Waals surface area contributed by atoms with Gasteiger partial charge in [0, 0.05) is 18.7 Å². The van der Waals surface area contributed by atoms with Gasteiger partial charge in [-0.2, -0.15) is 0 Å². The molecule has 0 fully saturated rings. The summed E-state index contributed by atoms with van der Waals surface area (Å²) in [6.45, 7) is 3.22. The maximum absolute atomic E-state index is 12.5. The van der Waals surface area contributed by atoms with Crippen molar-refractivity contribution in [2.75, 3.05) is 19.4 Å². The Bertz CT molecular complexity index is 866. The Hall–Kier alpha value is -2.80. The topological polar surface area (TPSA) is 68.5 Å². The Morgan fingerprint density at radius 3 is 2.52 bits per heavy atom. The van der Waals surface area contributed by atoms with Crippen LogP contribution in [0, 0.1) is 0 Å². The molecular formula is C20H21N3O3S. The molecule has 0 aliphatic carbocycles. The highest BCUT2D eigenvalue weighted by molar-refractivity contribution is 7.99. The Kier molecular flexibility index (Phi) is 6.49. The van der Waals surface area contributed by atoms with Crippen LogP contribution in [-0.4, -0.2) is 40.4 Å². The first-order valence-electron chi connectivity index (χ1n) is 8.62. The maximum Gasteiger partial charge on any atom is 0.277 e. The number of benzene rings is 2. The molecule has 0 aliphatic heterocycles. The molecule has 0 saturated carbocycles. The van der Waals surface area contributed by atoms with E-state index in [1.165, 1.54) is 11.8 Å². The number of hydrogen-bond donors (Lipinski definition) is 0. The van der Waals surface area contributed by atoms with Crippen LogP contribution < -0.4 is 4.74 Å². The van der Waals surface area contributed by atoms with Crippen LogP contribution in [0.1, 0.15) is 12.5 Å². The van der Waals surface area contributed by atoms with Crippen molar-refractivity contribution in [2.24, 2.45) is 0 Å². The van der Waals surface area contributed by atoms with Crippen molar-refractivity contribution in [3.05, 3.63) is 60.2 Å². The quantitative estimate of drug-likeness (QED) is 0.550. The van der Waals surface area contributed by atoms with Gasteiger partial charge < -0.3 is 14.1 Å². The van der Waals surface area contributed by atoms with Crippen LogP contribution in [0.3, 0.4) is 0 Å². The van der Waals surface area contributed by atoms with Crippen LogP contribution in [0.2, 0.25) is 0 Å². The number of aromatic nitrogens is 2. The summed E-state index contributed by atoms with van der Waals surface area (Å²) in [5.74, 6) is 1.47. The van der Waals surface area contributed by atoms with Gasteiger partial charge in [0.05, 0.1) is 12.9 Å². The zero-order valence-electron chi connectivity index (χ0n) is 15.3. The summed E-state index contributed by atoms with van der Waals surface area (Å²) in [6.07, 6.45) is 0. The average Bonchev–Trinajstić information content (AvgIpc) is 3.20. The van der Waals surface area contributed by atoms with Crippen molar-refractivity contribution in [2.45, 2.75) is 18.7 Å². The van der Waals surface area contributed by atoms with Crippen LogP contribution in [0.15, 0.2) is 64.2 Å². The number of hydrogen-bond acceptors (Lipinski definition) is 6.